The molecular formula is C19H24ClN3O4S. The molecule has 0 bridgehead atoms. The molecule has 0 saturated carbocycles. The molecule has 1 saturated heterocycles. The van der Waals surface area contributed by atoms with Gasteiger partial charge in [-0.05, 0) is 37.4 Å². The van der Waals surface area contributed by atoms with Crippen LogP contribution in [0.25, 0.3) is 0 Å². The highest BCUT2D eigenvalue weighted by Crippen LogP contribution is 2.39. The van der Waals surface area contributed by atoms with Gasteiger partial charge in [-0.3, -0.25) is 10.1 Å². The molecule has 3 rings (SSSR count). The predicted molar refractivity (Wildman–Crippen MR) is 110 cm³/mol. The first-order valence-electron chi connectivity index (χ1n) is 8.77. The number of nitro benzene ring substituents is 1. The average molecular weight is 426 g/mol. The van der Waals surface area contributed by atoms with Crippen LogP contribution < -0.4 is 5.73 Å². The predicted octanol–water partition coefficient (Wildman–Crippen LogP) is 3.00. The molecule has 0 aromatic heterocycles. The van der Waals surface area contributed by atoms with Gasteiger partial charge in [0.25, 0.3) is 5.69 Å². The van der Waals surface area contributed by atoms with Crippen LogP contribution in [0.2, 0.25) is 0 Å². The minimum absolute atomic E-state index is 0. The van der Waals surface area contributed by atoms with Crippen molar-refractivity contribution in [3.63, 3.8) is 0 Å². The Bertz CT molecular complexity index is 967. The molecule has 1 heterocycles. The second kappa shape index (κ2) is 8.57. The lowest BCUT2D eigenvalue weighted by Gasteiger charge is -2.18. The van der Waals surface area contributed by atoms with E-state index in [4.69, 9.17) is 5.73 Å². The van der Waals surface area contributed by atoms with E-state index in [1.54, 1.807) is 26.0 Å². The Balaban J connectivity index is 0.00000280. The van der Waals surface area contributed by atoms with Crippen LogP contribution in [0.4, 0.5) is 5.69 Å². The fourth-order valence-electron chi connectivity index (χ4n) is 3.80. The van der Waals surface area contributed by atoms with Gasteiger partial charge in [0.15, 0.2) is 4.90 Å². The highest BCUT2D eigenvalue weighted by Gasteiger charge is 2.42. The molecule has 0 spiro atoms. The van der Waals surface area contributed by atoms with Crippen LogP contribution in [0.3, 0.4) is 0 Å². The zero-order valence-electron chi connectivity index (χ0n) is 15.7. The summed E-state index contributed by atoms with van der Waals surface area (Å²) in [5, 5.41) is 11.6. The van der Waals surface area contributed by atoms with Gasteiger partial charge in [0.2, 0.25) is 10.0 Å². The summed E-state index contributed by atoms with van der Waals surface area (Å²) >= 11 is 0. The fourth-order valence-corrected chi connectivity index (χ4v) is 5.75. The molecule has 2 N–H and O–H groups in total. The van der Waals surface area contributed by atoms with E-state index in [9.17, 15) is 18.5 Å². The molecule has 0 radical (unpaired) electrons. The van der Waals surface area contributed by atoms with Crippen molar-refractivity contribution in [2.45, 2.75) is 24.7 Å². The lowest BCUT2D eigenvalue weighted by molar-refractivity contribution is -0.388. The summed E-state index contributed by atoms with van der Waals surface area (Å²) in [6, 6.07) is 12.8. The number of hydrogen-bond acceptors (Lipinski definition) is 5. The Labute approximate surface area is 171 Å². The van der Waals surface area contributed by atoms with Gasteiger partial charge in [0.05, 0.1) is 4.92 Å². The molecule has 0 aliphatic carbocycles. The first-order valence-corrected chi connectivity index (χ1v) is 10.2. The topological polar surface area (TPSA) is 107 Å². The first-order chi connectivity index (χ1) is 12.8. The summed E-state index contributed by atoms with van der Waals surface area (Å²) in [4.78, 5) is 10.7. The van der Waals surface area contributed by atoms with Crippen LogP contribution in [0.5, 0.6) is 0 Å². The average Bonchev–Trinajstić information content (AvgIpc) is 3.09. The van der Waals surface area contributed by atoms with Crippen molar-refractivity contribution in [2.24, 2.45) is 11.7 Å². The summed E-state index contributed by atoms with van der Waals surface area (Å²) in [5.74, 6) is -0.0681. The molecule has 7 nitrogen and oxygen atoms in total. The van der Waals surface area contributed by atoms with Gasteiger partial charge in [-0.1, -0.05) is 42.5 Å². The number of hydrogen-bond donors (Lipinski definition) is 1. The van der Waals surface area contributed by atoms with Crippen LogP contribution in [0, 0.1) is 29.9 Å². The Morgan fingerprint density at radius 3 is 2.29 bits per heavy atom. The van der Waals surface area contributed by atoms with Crippen molar-refractivity contribution in [2.75, 3.05) is 19.6 Å². The van der Waals surface area contributed by atoms with Gasteiger partial charge in [-0.2, -0.15) is 4.31 Å². The third-order valence-corrected chi connectivity index (χ3v) is 7.26. The quantitative estimate of drug-likeness (QED) is 0.585. The van der Waals surface area contributed by atoms with E-state index in [0.29, 0.717) is 17.7 Å². The SMILES string of the molecule is Cc1ccc(C)c(S(=O)(=O)N2C[C@@H](CN)[C@H](c3ccccc3)C2)c1[N+](=O)[O-].Cl. The van der Waals surface area contributed by atoms with Crippen LogP contribution in [0.1, 0.15) is 22.6 Å². The molecule has 9 heteroatoms. The molecule has 2 aromatic rings. The lowest BCUT2D eigenvalue weighted by Crippen LogP contribution is -2.31. The molecule has 152 valence electrons. The van der Waals surface area contributed by atoms with E-state index in [-0.39, 0.29) is 47.9 Å². The molecule has 0 unspecified atom stereocenters. The summed E-state index contributed by atoms with van der Waals surface area (Å²) in [6.45, 7) is 4.00. The molecule has 28 heavy (non-hydrogen) atoms. The van der Waals surface area contributed by atoms with Crippen molar-refractivity contribution in [3.8, 4) is 0 Å². The number of aryl methyl sites for hydroxylation is 2. The van der Waals surface area contributed by atoms with Crippen LogP contribution >= 0.6 is 12.4 Å². The molecule has 0 amide bonds. The maximum atomic E-state index is 13.4. The number of rotatable bonds is 5. The number of nitrogens with two attached hydrogens (primary N) is 1. The van der Waals surface area contributed by atoms with E-state index >= 15 is 0 Å². The number of sulfonamides is 1. The third-order valence-electron chi connectivity index (χ3n) is 5.25. The smallest absolute Gasteiger partial charge is 0.292 e. The molecular weight excluding hydrogens is 402 g/mol. The van der Waals surface area contributed by atoms with Gasteiger partial charge >= 0.3 is 0 Å². The lowest BCUT2D eigenvalue weighted by atomic mass is 9.89. The van der Waals surface area contributed by atoms with E-state index < -0.39 is 14.9 Å². The fraction of sp³-hybridized carbons (Fsp3) is 0.368. The largest absolute Gasteiger partial charge is 0.330 e. The van der Waals surface area contributed by atoms with E-state index in [1.807, 2.05) is 30.3 Å². The number of benzene rings is 2. The van der Waals surface area contributed by atoms with Gasteiger partial charge in [0.1, 0.15) is 0 Å². The minimum Gasteiger partial charge on any atom is -0.330 e. The summed E-state index contributed by atoms with van der Waals surface area (Å²) in [5.41, 5.74) is 7.30. The van der Waals surface area contributed by atoms with E-state index in [0.717, 1.165) is 5.56 Å². The molecule has 1 aliphatic heterocycles. The molecule has 1 fully saturated rings. The Kier molecular flexibility index (Phi) is 6.82. The minimum atomic E-state index is -4.02. The summed E-state index contributed by atoms with van der Waals surface area (Å²) in [6.07, 6.45) is 0. The monoisotopic (exact) mass is 425 g/mol. The Morgan fingerprint density at radius 2 is 1.71 bits per heavy atom. The second-order valence-electron chi connectivity index (χ2n) is 6.97. The summed E-state index contributed by atoms with van der Waals surface area (Å²) in [7, 11) is -4.02. The highest BCUT2D eigenvalue weighted by molar-refractivity contribution is 7.89. The van der Waals surface area contributed by atoms with Gasteiger partial charge in [-0.15, -0.1) is 12.4 Å². The summed E-state index contributed by atoms with van der Waals surface area (Å²) < 4.78 is 28.0. The van der Waals surface area contributed by atoms with Crippen molar-refractivity contribution in [1.29, 1.82) is 0 Å². The van der Waals surface area contributed by atoms with Crippen LogP contribution in [-0.2, 0) is 10.0 Å². The van der Waals surface area contributed by atoms with Crippen molar-refractivity contribution < 1.29 is 13.3 Å². The molecule has 2 aromatic carbocycles. The Hall–Kier alpha value is -2.00. The normalized spacial score (nSPS) is 20.0. The van der Waals surface area contributed by atoms with Crippen molar-refractivity contribution >= 4 is 28.1 Å². The number of halogens is 1. The second-order valence-corrected chi connectivity index (χ2v) is 8.84. The van der Waals surface area contributed by atoms with E-state index in [1.165, 1.54) is 4.31 Å². The van der Waals surface area contributed by atoms with Crippen LogP contribution in [-0.4, -0.2) is 37.3 Å². The zero-order chi connectivity index (χ0) is 19.8. The van der Waals surface area contributed by atoms with Gasteiger partial charge in [-0.25, -0.2) is 8.42 Å². The standard InChI is InChI=1S/C19H23N3O4S.ClH/c1-13-8-9-14(2)19(18(13)22(23)24)27(25,26)21-11-16(10-20)17(12-21)15-6-4-3-5-7-15;/h3-9,16-17H,10-12,20H2,1-2H3;1H/t16-,17+;/m1./s1. The maximum absolute atomic E-state index is 13.4. The van der Waals surface area contributed by atoms with Crippen LogP contribution in [0.15, 0.2) is 47.4 Å². The van der Waals surface area contributed by atoms with Crippen molar-refractivity contribution in [3.05, 3.63) is 69.3 Å². The molecule has 1 aliphatic rings. The number of nitro groups is 1. The third kappa shape index (κ3) is 3.91. The zero-order valence-corrected chi connectivity index (χ0v) is 17.4. The number of nitrogens with zero attached hydrogens (tertiary/aromatic N) is 2. The molecule has 2 atom stereocenters. The van der Waals surface area contributed by atoms with Gasteiger partial charge in [0, 0.05) is 24.6 Å². The highest BCUT2D eigenvalue weighted by atomic mass is 35.5. The van der Waals surface area contributed by atoms with Crippen molar-refractivity contribution in [1.82, 2.24) is 4.31 Å². The maximum Gasteiger partial charge on any atom is 0.292 e. The van der Waals surface area contributed by atoms with E-state index in [2.05, 4.69) is 0 Å². The Morgan fingerprint density at radius 1 is 1.11 bits per heavy atom. The first kappa shape index (κ1) is 22.3. The van der Waals surface area contributed by atoms with Gasteiger partial charge < -0.3 is 5.73 Å².